The van der Waals surface area contributed by atoms with Gasteiger partial charge < -0.3 is 4.74 Å². The smallest absolute Gasteiger partial charge is 0.309 e. The number of halogens is 1. The second-order valence-corrected chi connectivity index (χ2v) is 9.57. The number of tetrazole rings is 1. The molecule has 38 heavy (non-hydrogen) atoms. The Labute approximate surface area is 222 Å². The number of benzene rings is 2. The van der Waals surface area contributed by atoms with Crippen molar-refractivity contribution in [2.75, 3.05) is 7.11 Å². The Balaban J connectivity index is 1.24. The quantitative estimate of drug-likeness (QED) is 0.351. The molecule has 0 aliphatic carbocycles. The third kappa shape index (κ3) is 4.43. The number of nitrogens with zero attached hydrogens (tertiary/aromatic N) is 7. The van der Waals surface area contributed by atoms with Crippen LogP contribution in [0.15, 0.2) is 70.8 Å². The third-order valence-electron chi connectivity index (χ3n) is 6.85. The molecule has 0 spiro atoms. The Kier molecular flexibility index (Phi) is 6.16. The lowest BCUT2D eigenvalue weighted by molar-refractivity contribution is -0.139. The number of rotatable bonds is 6. The molecule has 1 atom stereocenters. The van der Waals surface area contributed by atoms with Crippen LogP contribution in [0.25, 0.3) is 22.5 Å². The van der Waals surface area contributed by atoms with Crippen molar-refractivity contribution in [3.63, 3.8) is 0 Å². The molecule has 2 aromatic heterocycles. The molecule has 0 fully saturated rings. The zero-order valence-electron chi connectivity index (χ0n) is 20.4. The molecule has 0 saturated heterocycles. The number of fused-ring (bicyclic) bond motifs is 1. The first kappa shape index (κ1) is 23.9. The van der Waals surface area contributed by atoms with Gasteiger partial charge in [0.25, 0.3) is 5.56 Å². The normalized spacial score (nSPS) is 16.2. The van der Waals surface area contributed by atoms with E-state index in [-0.39, 0.29) is 24.0 Å². The highest BCUT2D eigenvalue weighted by atomic mass is 35.5. The zero-order chi connectivity index (χ0) is 26.2. The SMILES string of the molecule is COC(=O)Cc1ccc(C2=CN=C(C3CCc4nc(-c5cc(Cl)ccc5-n5cnnn5)cc(=O)n43)C2)cc1. The summed E-state index contributed by atoms with van der Waals surface area (Å²) >= 11 is 6.28. The first-order valence-corrected chi connectivity index (χ1v) is 12.5. The van der Waals surface area contributed by atoms with E-state index in [4.69, 9.17) is 21.3 Å². The van der Waals surface area contributed by atoms with Gasteiger partial charge in [0.05, 0.1) is 31.0 Å². The fourth-order valence-corrected chi connectivity index (χ4v) is 5.16. The number of aryl methyl sites for hydroxylation is 1. The molecule has 1 unspecified atom stereocenters. The van der Waals surface area contributed by atoms with Crippen molar-refractivity contribution >= 4 is 28.9 Å². The number of methoxy groups -OCH3 is 1. The van der Waals surface area contributed by atoms with E-state index in [1.54, 1.807) is 22.8 Å². The Hall–Kier alpha value is -4.44. The van der Waals surface area contributed by atoms with Gasteiger partial charge in [-0.25, -0.2) is 4.98 Å². The number of aliphatic imine (C=N–C) groups is 1. The van der Waals surface area contributed by atoms with E-state index in [0.29, 0.717) is 40.6 Å². The summed E-state index contributed by atoms with van der Waals surface area (Å²) in [5, 5.41) is 11.9. The maximum atomic E-state index is 13.4. The van der Waals surface area contributed by atoms with E-state index in [1.807, 2.05) is 30.5 Å². The average Bonchev–Trinajstić information content (AvgIpc) is 3.70. The number of hydrogen-bond donors (Lipinski definition) is 0. The lowest BCUT2D eigenvalue weighted by Crippen LogP contribution is -2.28. The molecule has 0 radical (unpaired) electrons. The number of carbonyl (C=O) groups excluding carboxylic acids is 1. The molecule has 2 aromatic carbocycles. The molecule has 11 heteroatoms. The van der Waals surface area contributed by atoms with Crippen LogP contribution in [0, 0.1) is 0 Å². The molecule has 10 nitrogen and oxygen atoms in total. The predicted molar refractivity (Wildman–Crippen MR) is 141 cm³/mol. The van der Waals surface area contributed by atoms with Gasteiger partial charge in [-0.2, -0.15) is 4.68 Å². The summed E-state index contributed by atoms with van der Waals surface area (Å²) in [6, 6.07) is 14.5. The molecule has 0 N–H and O–H groups in total. The van der Waals surface area contributed by atoms with Crippen LogP contribution in [0.4, 0.5) is 0 Å². The monoisotopic (exact) mass is 527 g/mol. The summed E-state index contributed by atoms with van der Waals surface area (Å²) in [6.07, 6.45) is 5.63. The van der Waals surface area contributed by atoms with Crippen molar-refractivity contribution < 1.29 is 9.53 Å². The van der Waals surface area contributed by atoms with Crippen LogP contribution in [0.1, 0.15) is 35.8 Å². The first-order valence-electron chi connectivity index (χ1n) is 12.1. The maximum Gasteiger partial charge on any atom is 0.309 e. The topological polar surface area (TPSA) is 117 Å². The van der Waals surface area contributed by atoms with E-state index in [9.17, 15) is 9.59 Å². The van der Waals surface area contributed by atoms with Crippen LogP contribution >= 0.6 is 11.6 Å². The molecule has 2 aliphatic heterocycles. The minimum absolute atomic E-state index is 0.140. The van der Waals surface area contributed by atoms with Gasteiger partial charge in [0.1, 0.15) is 12.2 Å². The Morgan fingerprint density at radius 1 is 1.16 bits per heavy atom. The molecular weight excluding hydrogens is 506 g/mol. The first-order chi connectivity index (χ1) is 18.5. The lowest BCUT2D eigenvalue weighted by atomic mass is 9.97. The highest BCUT2D eigenvalue weighted by Gasteiger charge is 2.31. The third-order valence-corrected chi connectivity index (χ3v) is 7.09. The number of allylic oxidation sites excluding steroid dienone is 1. The minimum Gasteiger partial charge on any atom is -0.469 e. The van der Waals surface area contributed by atoms with Crippen LogP contribution in [0.2, 0.25) is 5.02 Å². The number of carbonyl (C=O) groups is 1. The number of aromatic nitrogens is 6. The Bertz CT molecular complexity index is 1660. The van der Waals surface area contributed by atoms with Gasteiger partial charge in [-0.15, -0.1) is 5.10 Å². The highest BCUT2D eigenvalue weighted by molar-refractivity contribution is 6.31. The van der Waals surface area contributed by atoms with Crippen LogP contribution in [0.5, 0.6) is 0 Å². The van der Waals surface area contributed by atoms with Gasteiger partial charge in [-0.3, -0.25) is 19.1 Å². The summed E-state index contributed by atoms with van der Waals surface area (Å²) in [6.45, 7) is 0. The summed E-state index contributed by atoms with van der Waals surface area (Å²) in [5.74, 6) is 0.441. The maximum absolute atomic E-state index is 13.4. The molecule has 0 saturated carbocycles. The zero-order valence-corrected chi connectivity index (χ0v) is 21.2. The number of esters is 1. The van der Waals surface area contributed by atoms with Gasteiger partial charge in [0.2, 0.25) is 0 Å². The molecule has 6 rings (SSSR count). The van der Waals surface area contributed by atoms with Crippen LogP contribution < -0.4 is 5.56 Å². The van der Waals surface area contributed by atoms with Crippen molar-refractivity contribution in [3.8, 4) is 16.9 Å². The molecule has 4 aromatic rings. The Morgan fingerprint density at radius 2 is 2.00 bits per heavy atom. The van der Waals surface area contributed by atoms with Gasteiger partial charge in [-0.1, -0.05) is 35.9 Å². The van der Waals surface area contributed by atoms with Crippen molar-refractivity contribution in [1.29, 1.82) is 0 Å². The standard InChI is InChI=1S/C27H22ClN7O3/c1-38-27(37)10-16-2-4-17(5-3-16)18-11-22(29-14-18)24-8-9-25-31-21(13-26(36)35(24)25)20-12-19(28)6-7-23(20)34-15-30-32-33-34/h2-7,12-15,24H,8-11H2,1H3. The van der Waals surface area contributed by atoms with Gasteiger partial charge in [0.15, 0.2) is 0 Å². The van der Waals surface area contributed by atoms with Crippen molar-refractivity contribution in [2.24, 2.45) is 4.99 Å². The van der Waals surface area contributed by atoms with E-state index in [1.165, 1.54) is 24.2 Å². The molecule has 4 heterocycles. The second kappa shape index (κ2) is 9.79. The van der Waals surface area contributed by atoms with Crippen molar-refractivity contribution in [3.05, 3.63) is 93.4 Å². The minimum atomic E-state index is -0.271. The molecular formula is C27H22ClN7O3. The predicted octanol–water partition coefficient (Wildman–Crippen LogP) is 3.63. The van der Waals surface area contributed by atoms with Crippen LogP contribution in [0.3, 0.4) is 0 Å². The summed E-state index contributed by atoms with van der Waals surface area (Å²) in [5.41, 5.74) is 5.66. The van der Waals surface area contributed by atoms with Crippen LogP contribution in [-0.2, 0) is 22.4 Å². The molecule has 0 amide bonds. The van der Waals surface area contributed by atoms with E-state index in [0.717, 1.165) is 28.8 Å². The fraction of sp³-hybridized carbons (Fsp3) is 0.222. The highest BCUT2D eigenvalue weighted by Crippen LogP contribution is 2.34. The van der Waals surface area contributed by atoms with E-state index < -0.39 is 0 Å². The Morgan fingerprint density at radius 3 is 2.76 bits per heavy atom. The molecule has 2 aliphatic rings. The second-order valence-electron chi connectivity index (χ2n) is 9.14. The van der Waals surface area contributed by atoms with Crippen molar-refractivity contribution in [1.82, 2.24) is 29.8 Å². The van der Waals surface area contributed by atoms with Crippen molar-refractivity contribution in [2.45, 2.75) is 31.7 Å². The van der Waals surface area contributed by atoms with Gasteiger partial charge in [-0.05, 0) is 51.7 Å². The fourth-order valence-electron chi connectivity index (χ4n) is 4.99. The number of ether oxygens (including phenoxy) is 1. The summed E-state index contributed by atoms with van der Waals surface area (Å²) < 4.78 is 8.00. The average molecular weight is 528 g/mol. The lowest BCUT2D eigenvalue weighted by Gasteiger charge is -2.16. The van der Waals surface area contributed by atoms with Gasteiger partial charge >= 0.3 is 5.97 Å². The largest absolute Gasteiger partial charge is 0.469 e. The van der Waals surface area contributed by atoms with Gasteiger partial charge in [0, 0.05) is 41.4 Å². The molecule has 190 valence electrons. The van der Waals surface area contributed by atoms with E-state index >= 15 is 0 Å². The molecule has 0 bridgehead atoms. The van der Waals surface area contributed by atoms with Crippen LogP contribution in [-0.4, -0.2) is 48.5 Å². The van der Waals surface area contributed by atoms with E-state index in [2.05, 4.69) is 20.5 Å². The summed E-state index contributed by atoms with van der Waals surface area (Å²) in [7, 11) is 1.38. The number of hydrogen-bond acceptors (Lipinski definition) is 8. The summed E-state index contributed by atoms with van der Waals surface area (Å²) in [4.78, 5) is 34.5.